The van der Waals surface area contributed by atoms with E-state index < -0.39 is 6.10 Å². The molecule has 0 saturated heterocycles. The van der Waals surface area contributed by atoms with Gasteiger partial charge in [-0.15, -0.1) is 0 Å². The SMILES string of the molecule is CNc1ncnc2ncn(C[C@@H](O)CN(C)Cc3ccccc3)c12. The van der Waals surface area contributed by atoms with Crippen molar-refractivity contribution in [2.75, 3.05) is 26.0 Å². The van der Waals surface area contributed by atoms with Crippen LogP contribution in [0.4, 0.5) is 5.82 Å². The van der Waals surface area contributed by atoms with Gasteiger partial charge in [0.1, 0.15) is 11.8 Å². The number of fused-ring (bicyclic) bond motifs is 1. The number of rotatable bonds is 7. The Morgan fingerprint density at radius 2 is 2.00 bits per heavy atom. The highest BCUT2D eigenvalue weighted by Crippen LogP contribution is 2.18. The molecule has 0 aliphatic heterocycles. The van der Waals surface area contributed by atoms with Crippen molar-refractivity contribution in [3.8, 4) is 0 Å². The summed E-state index contributed by atoms with van der Waals surface area (Å²) in [6.45, 7) is 1.81. The number of nitrogens with one attached hydrogen (secondary N) is 1. The standard InChI is InChI=1S/C17H22N6O/c1-18-16-15-17(20-11-19-16)21-12-23(15)10-14(24)9-22(2)8-13-6-4-3-5-7-13/h3-7,11-12,14,24H,8-10H2,1-2H3,(H,18,19,20)/t14-/m0/s1. The minimum Gasteiger partial charge on any atom is -0.390 e. The lowest BCUT2D eigenvalue weighted by atomic mass is 10.2. The Bertz CT molecular complexity index is 788. The van der Waals surface area contributed by atoms with E-state index in [0.717, 1.165) is 12.1 Å². The van der Waals surface area contributed by atoms with Crippen LogP contribution in [-0.2, 0) is 13.1 Å². The van der Waals surface area contributed by atoms with E-state index in [-0.39, 0.29) is 0 Å². The first kappa shape index (κ1) is 16.4. The van der Waals surface area contributed by atoms with Gasteiger partial charge in [-0.1, -0.05) is 30.3 Å². The molecule has 1 atom stereocenters. The fourth-order valence-electron chi connectivity index (χ4n) is 2.84. The van der Waals surface area contributed by atoms with Crippen LogP contribution in [0.3, 0.4) is 0 Å². The van der Waals surface area contributed by atoms with Crippen LogP contribution in [0.1, 0.15) is 5.56 Å². The van der Waals surface area contributed by atoms with Gasteiger partial charge in [0.05, 0.1) is 19.0 Å². The molecule has 7 heteroatoms. The Labute approximate surface area is 141 Å². The molecule has 0 bridgehead atoms. The zero-order chi connectivity index (χ0) is 16.9. The molecule has 0 unspecified atom stereocenters. The molecule has 2 N–H and O–H groups in total. The van der Waals surface area contributed by atoms with Gasteiger partial charge < -0.3 is 15.0 Å². The number of hydrogen-bond acceptors (Lipinski definition) is 6. The summed E-state index contributed by atoms with van der Waals surface area (Å²) < 4.78 is 1.89. The molecule has 0 amide bonds. The topological polar surface area (TPSA) is 79.1 Å². The Kier molecular flexibility index (Phi) is 5.02. The second-order valence-corrected chi connectivity index (χ2v) is 5.88. The van der Waals surface area contributed by atoms with Crippen LogP contribution < -0.4 is 5.32 Å². The number of hydrogen-bond donors (Lipinski definition) is 2. The molecule has 2 heterocycles. The third-order valence-corrected chi connectivity index (χ3v) is 3.87. The van der Waals surface area contributed by atoms with Crippen molar-refractivity contribution in [3.63, 3.8) is 0 Å². The average molecular weight is 326 g/mol. The molecule has 3 rings (SSSR count). The predicted octanol–water partition coefficient (Wildman–Crippen LogP) is 1.36. The number of aliphatic hydroxyl groups excluding tert-OH is 1. The Morgan fingerprint density at radius 3 is 2.75 bits per heavy atom. The molecule has 1 aromatic carbocycles. The zero-order valence-corrected chi connectivity index (χ0v) is 13.9. The van der Waals surface area contributed by atoms with Gasteiger partial charge in [0, 0.05) is 20.1 Å². The summed E-state index contributed by atoms with van der Waals surface area (Å²) in [5.41, 5.74) is 2.66. The second kappa shape index (κ2) is 7.37. The lowest BCUT2D eigenvalue weighted by molar-refractivity contribution is 0.108. The van der Waals surface area contributed by atoms with Crippen LogP contribution in [-0.4, -0.2) is 56.3 Å². The third kappa shape index (κ3) is 3.69. The number of nitrogens with zero attached hydrogens (tertiary/aromatic N) is 5. The monoisotopic (exact) mass is 326 g/mol. The number of anilines is 1. The maximum atomic E-state index is 10.4. The maximum absolute atomic E-state index is 10.4. The fraction of sp³-hybridized carbons (Fsp3) is 0.353. The first-order valence-electron chi connectivity index (χ1n) is 7.91. The molecule has 0 radical (unpaired) electrons. The third-order valence-electron chi connectivity index (χ3n) is 3.87. The molecule has 126 valence electrons. The molecule has 3 aromatic rings. The minimum absolute atomic E-state index is 0.442. The first-order chi connectivity index (χ1) is 11.7. The summed E-state index contributed by atoms with van der Waals surface area (Å²) in [7, 11) is 3.81. The zero-order valence-electron chi connectivity index (χ0n) is 13.9. The van der Waals surface area contributed by atoms with Crippen molar-refractivity contribution < 1.29 is 5.11 Å². The van der Waals surface area contributed by atoms with Crippen molar-refractivity contribution in [1.82, 2.24) is 24.4 Å². The molecule has 0 aliphatic rings. The lowest BCUT2D eigenvalue weighted by Crippen LogP contribution is -2.31. The summed E-state index contributed by atoms with van der Waals surface area (Å²) in [6.07, 6.45) is 2.66. The molecule has 0 spiro atoms. The largest absolute Gasteiger partial charge is 0.390 e. The van der Waals surface area contributed by atoms with Gasteiger partial charge in [-0.2, -0.15) is 0 Å². The Balaban J connectivity index is 1.65. The number of likely N-dealkylation sites (N-methyl/N-ethyl adjacent to an activating group) is 1. The Morgan fingerprint density at radius 1 is 1.21 bits per heavy atom. The molecule has 24 heavy (non-hydrogen) atoms. The van der Waals surface area contributed by atoms with Crippen LogP contribution in [0.15, 0.2) is 43.0 Å². The second-order valence-electron chi connectivity index (χ2n) is 5.88. The minimum atomic E-state index is -0.513. The fourth-order valence-corrected chi connectivity index (χ4v) is 2.84. The molecular formula is C17H22N6O. The molecule has 7 nitrogen and oxygen atoms in total. The summed E-state index contributed by atoms with van der Waals surface area (Å²) in [5.74, 6) is 0.711. The molecule has 0 aliphatic carbocycles. The van der Waals surface area contributed by atoms with E-state index in [0.29, 0.717) is 24.6 Å². The van der Waals surface area contributed by atoms with Gasteiger partial charge >= 0.3 is 0 Å². The maximum Gasteiger partial charge on any atom is 0.182 e. The van der Waals surface area contributed by atoms with E-state index in [4.69, 9.17) is 0 Å². The highest BCUT2D eigenvalue weighted by Gasteiger charge is 2.14. The number of aromatic nitrogens is 4. The van der Waals surface area contributed by atoms with Crippen molar-refractivity contribution in [1.29, 1.82) is 0 Å². The van der Waals surface area contributed by atoms with E-state index in [1.165, 1.54) is 11.9 Å². The summed E-state index contributed by atoms with van der Waals surface area (Å²) in [6, 6.07) is 10.2. The highest BCUT2D eigenvalue weighted by atomic mass is 16.3. The van der Waals surface area contributed by atoms with E-state index in [9.17, 15) is 5.11 Å². The van der Waals surface area contributed by atoms with Crippen LogP contribution in [0.5, 0.6) is 0 Å². The van der Waals surface area contributed by atoms with Crippen molar-refractivity contribution in [2.45, 2.75) is 19.2 Å². The van der Waals surface area contributed by atoms with Gasteiger partial charge in [0.2, 0.25) is 0 Å². The number of imidazole rings is 1. The summed E-state index contributed by atoms with van der Waals surface area (Å²) in [4.78, 5) is 14.7. The van der Waals surface area contributed by atoms with Crippen LogP contribution >= 0.6 is 0 Å². The molecule has 0 fully saturated rings. The van der Waals surface area contributed by atoms with Crippen LogP contribution in [0, 0.1) is 0 Å². The normalized spacial score (nSPS) is 12.7. The highest BCUT2D eigenvalue weighted by molar-refractivity contribution is 5.82. The van der Waals surface area contributed by atoms with E-state index in [1.54, 1.807) is 6.33 Å². The predicted molar refractivity (Wildman–Crippen MR) is 93.7 cm³/mol. The molecule has 2 aromatic heterocycles. The summed E-state index contributed by atoms with van der Waals surface area (Å²) >= 11 is 0. The smallest absolute Gasteiger partial charge is 0.182 e. The van der Waals surface area contributed by atoms with Crippen molar-refractivity contribution >= 4 is 17.0 Å². The number of benzene rings is 1. The van der Waals surface area contributed by atoms with E-state index >= 15 is 0 Å². The lowest BCUT2D eigenvalue weighted by Gasteiger charge is -2.21. The van der Waals surface area contributed by atoms with Crippen LogP contribution in [0.25, 0.3) is 11.2 Å². The van der Waals surface area contributed by atoms with E-state index in [2.05, 4.69) is 37.3 Å². The van der Waals surface area contributed by atoms with Gasteiger partial charge in [-0.05, 0) is 12.6 Å². The Hall–Kier alpha value is -2.51. The van der Waals surface area contributed by atoms with E-state index in [1.807, 2.05) is 36.9 Å². The van der Waals surface area contributed by atoms with Gasteiger partial charge in [-0.25, -0.2) is 15.0 Å². The van der Waals surface area contributed by atoms with Crippen molar-refractivity contribution in [2.24, 2.45) is 0 Å². The van der Waals surface area contributed by atoms with Crippen molar-refractivity contribution in [3.05, 3.63) is 48.5 Å². The average Bonchev–Trinajstić information content (AvgIpc) is 2.98. The quantitative estimate of drug-likeness (QED) is 0.682. The van der Waals surface area contributed by atoms with Gasteiger partial charge in [-0.3, -0.25) is 4.90 Å². The van der Waals surface area contributed by atoms with Gasteiger partial charge in [0.25, 0.3) is 0 Å². The number of aliphatic hydroxyl groups is 1. The van der Waals surface area contributed by atoms with Gasteiger partial charge in [0.15, 0.2) is 11.5 Å². The molecular weight excluding hydrogens is 304 g/mol. The first-order valence-corrected chi connectivity index (χ1v) is 7.91. The summed E-state index contributed by atoms with van der Waals surface area (Å²) in [5, 5.41) is 13.5. The van der Waals surface area contributed by atoms with Crippen LogP contribution in [0.2, 0.25) is 0 Å². The molecule has 0 saturated carbocycles.